The van der Waals surface area contributed by atoms with Crippen LogP contribution >= 0.6 is 11.8 Å². The van der Waals surface area contributed by atoms with Crippen molar-refractivity contribution in [1.29, 1.82) is 0 Å². The first-order chi connectivity index (χ1) is 18.6. The van der Waals surface area contributed by atoms with E-state index < -0.39 is 47.7 Å². The lowest BCUT2D eigenvalue weighted by Crippen LogP contribution is -2.65. The first-order valence-electron chi connectivity index (χ1n) is 13.1. The molecule has 39 heavy (non-hydrogen) atoms. The monoisotopic (exact) mass is 563 g/mol. The Labute approximate surface area is 232 Å². The van der Waals surface area contributed by atoms with E-state index in [1.54, 1.807) is 0 Å². The lowest BCUT2D eigenvalue weighted by molar-refractivity contribution is -0.211. The molecule has 214 valence electrons. The largest absolute Gasteiger partial charge is 0.463 e. The summed E-state index contributed by atoms with van der Waals surface area (Å²) in [5.41, 5.74) is 0.958. The van der Waals surface area contributed by atoms with Crippen LogP contribution in [0.25, 0.3) is 11.0 Å². The van der Waals surface area contributed by atoms with Crippen molar-refractivity contribution in [3.8, 4) is 0 Å². The molecule has 1 saturated heterocycles. The zero-order chi connectivity index (χ0) is 28.5. The number of nitrogens with one attached hydrogen (secondary N) is 1. The van der Waals surface area contributed by atoms with Gasteiger partial charge in [0.15, 0.2) is 17.4 Å². The third-order valence-corrected chi connectivity index (χ3v) is 7.31. The van der Waals surface area contributed by atoms with Crippen LogP contribution in [0.15, 0.2) is 29.4 Å². The number of aromatic nitrogens is 2. The summed E-state index contributed by atoms with van der Waals surface area (Å²) in [6.07, 6.45) is 1.08. The van der Waals surface area contributed by atoms with Crippen LogP contribution < -0.4 is 5.32 Å². The number of benzene rings is 1. The van der Waals surface area contributed by atoms with Crippen LogP contribution in [0, 0.1) is 0 Å². The summed E-state index contributed by atoms with van der Waals surface area (Å²) in [7, 11) is 0. The normalized spacial score (nSPS) is 22.7. The molecule has 5 unspecified atom stereocenters. The predicted octanol–water partition coefficient (Wildman–Crippen LogP) is 3.36. The van der Waals surface area contributed by atoms with Gasteiger partial charge in [-0.25, -0.2) is 4.98 Å². The summed E-state index contributed by atoms with van der Waals surface area (Å²) in [5, 5.41) is 3.47. The molecule has 2 heterocycles. The van der Waals surface area contributed by atoms with E-state index in [0.717, 1.165) is 43.3 Å². The van der Waals surface area contributed by atoms with Crippen LogP contribution in [-0.4, -0.2) is 69.8 Å². The SMILES string of the molecule is CCCCCCn1c(SC2OC(COC(C)=O)C(OC(C)=O)C(OC(C)=O)C2NC(C)=O)nc2ccccc21. The summed E-state index contributed by atoms with van der Waals surface area (Å²) in [5.74, 6) is -2.21. The number of thioether (sulfide) groups is 1. The molecule has 0 saturated carbocycles. The van der Waals surface area contributed by atoms with Gasteiger partial charge in [0, 0.05) is 34.2 Å². The molecule has 11 nitrogen and oxygen atoms in total. The Morgan fingerprint density at radius 3 is 2.31 bits per heavy atom. The Bertz CT molecular complexity index is 1170. The van der Waals surface area contributed by atoms with E-state index in [4.69, 9.17) is 23.9 Å². The summed E-state index contributed by atoms with van der Waals surface area (Å²) >= 11 is 1.26. The minimum Gasteiger partial charge on any atom is -0.463 e. The lowest BCUT2D eigenvalue weighted by atomic mass is 9.97. The number of carbonyl (C=O) groups is 4. The van der Waals surface area contributed by atoms with Crippen molar-refractivity contribution in [2.45, 2.75) is 102 Å². The lowest BCUT2D eigenvalue weighted by Gasteiger charge is -2.44. The number of hydrogen-bond acceptors (Lipinski definition) is 10. The molecule has 0 radical (unpaired) electrons. The van der Waals surface area contributed by atoms with E-state index >= 15 is 0 Å². The minimum atomic E-state index is -1.13. The van der Waals surface area contributed by atoms with E-state index in [1.807, 2.05) is 24.3 Å². The fourth-order valence-electron chi connectivity index (χ4n) is 4.55. The number of imidazole rings is 1. The molecule has 1 aliphatic heterocycles. The maximum atomic E-state index is 12.3. The van der Waals surface area contributed by atoms with Crippen molar-refractivity contribution in [3.63, 3.8) is 0 Å². The molecule has 1 aliphatic rings. The van der Waals surface area contributed by atoms with Crippen LogP contribution in [0.2, 0.25) is 0 Å². The van der Waals surface area contributed by atoms with Gasteiger partial charge in [0.2, 0.25) is 5.91 Å². The highest BCUT2D eigenvalue weighted by atomic mass is 32.2. The molecule has 5 atom stereocenters. The topological polar surface area (TPSA) is 135 Å². The number of rotatable bonds is 12. The highest BCUT2D eigenvalue weighted by Crippen LogP contribution is 2.37. The van der Waals surface area contributed by atoms with Crippen LogP contribution in [0.3, 0.4) is 0 Å². The number of nitrogens with zero attached hydrogens (tertiary/aromatic N) is 2. The maximum absolute atomic E-state index is 12.3. The smallest absolute Gasteiger partial charge is 0.303 e. The summed E-state index contributed by atoms with van der Waals surface area (Å²) < 4.78 is 24.7. The van der Waals surface area contributed by atoms with Gasteiger partial charge in [0.05, 0.1) is 11.0 Å². The Kier molecular flexibility index (Phi) is 11.2. The maximum Gasteiger partial charge on any atom is 0.303 e. The molecule has 0 aliphatic carbocycles. The Morgan fingerprint density at radius 1 is 0.974 bits per heavy atom. The van der Waals surface area contributed by atoms with Crippen molar-refractivity contribution in [1.82, 2.24) is 14.9 Å². The molecular formula is C27H37N3O8S. The van der Waals surface area contributed by atoms with Crippen molar-refractivity contribution in [2.75, 3.05) is 6.61 Å². The Balaban J connectivity index is 2.02. The van der Waals surface area contributed by atoms with Crippen molar-refractivity contribution in [3.05, 3.63) is 24.3 Å². The first-order valence-corrected chi connectivity index (χ1v) is 14.0. The number of aryl methyl sites for hydroxylation is 1. The van der Waals surface area contributed by atoms with E-state index in [9.17, 15) is 19.2 Å². The number of esters is 3. The molecule has 0 spiro atoms. The van der Waals surface area contributed by atoms with Gasteiger partial charge in [0.1, 0.15) is 24.2 Å². The van der Waals surface area contributed by atoms with Crippen molar-refractivity contribution in [2.24, 2.45) is 0 Å². The van der Waals surface area contributed by atoms with E-state index in [2.05, 4.69) is 16.8 Å². The van der Waals surface area contributed by atoms with Gasteiger partial charge in [-0.15, -0.1) is 0 Å². The molecule has 2 aromatic rings. The van der Waals surface area contributed by atoms with Gasteiger partial charge in [-0.3, -0.25) is 19.2 Å². The minimum absolute atomic E-state index is 0.248. The Hall–Kier alpha value is -3.12. The summed E-state index contributed by atoms with van der Waals surface area (Å²) in [6, 6.07) is 6.90. The molecular weight excluding hydrogens is 526 g/mol. The van der Waals surface area contributed by atoms with Gasteiger partial charge in [0.25, 0.3) is 0 Å². The van der Waals surface area contributed by atoms with Crippen LogP contribution in [0.4, 0.5) is 0 Å². The molecule has 1 aromatic carbocycles. The zero-order valence-corrected chi connectivity index (χ0v) is 23.8. The summed E-state index contributed by atoms with van der Waals surface area (Å²) in [4.78, 5) is 52.8. The van der Waals surface area contributed by atoms with E-state index in [-0.39, 0.29) is 12.5 Å². The van der Waals surface area contributed by atoms with E-state index in [1.165, 1.54) is 39.5 Å². The number of carbonyl (C=O) groups excluding carboxylic acids is 4. The Morgan fingerprint density at radius 2 is 1.67 bits per heavy atom. The molecule has 1 N–H and O–H groups in total. The number of amides is 1. The summed E-state index contributed by atoms with van der Waals surface area (Å²) in [6.45, 7) is 7.67. The highest BCUT2D eigenvalue weighted by Gasteiger charge is 2.51. The quantitative estimate of drug-likeness (QED) is 0.233. The van der Waals surface area contributed by atoms with Gasteiger partial charge in [-0.1, -0.05) is 50.1 Å². The molecule has 3 rings (SSSR count). The average molecular weight is 564 g/mol. The van der Waals surface area contributed by atoms with Gasteiger partial charge >= 0.3 is 17.9 Å². The highest BCUT2D eigenvalue weighted by molar-refractivity contribution is 7.99. The molecule has 1 aromatic heterocycles. The van der Waals surface area contributed by atoms with Crippen LogP contribution in [0.5, 0.6) is 0 Å². The number of fused-ring (bicyclic) bond motifs is 1. The van der Waals surface area contributed by atoms with Gasteiger partial charge in [-0.05, 0) is 18.6 Å². The molecule has 0 bridgehead atoms. The van der Waals surface area contributed by atoms with Crippen LogP contribution in [-0.2, 0) is 44.7 Å². The second kappa shape index (κ2) is 14.3. The van der Waals surface area contributed by atoms with Gasteiger partial charge < -0.3 is 28.8 Å². The van der Waals surface area contributed by atoms with Crippen molar-refractivity contribution < 1.29 is 38.1 Å². The third kappa shape index (κ3) is 8.43. The second-order valence-electron chi connectivity index (χ2n) is 9.43. The first kappa shape index (κ1) is 30.4. The molecule has 12 heteroatoms. The average Bonchev–Trinajstić information content (AvgIpc) is 3.20. The number of hydrogen-bond donors (Lipinski definition) is 1. The molecule has 1 fully saturated rings. The number of unbranched alkanes of at least 4 members (excludes halogenated alkanes) is 3. The van der Waals surface area contributed by atoms with Crippen molar-refractivity contribution >= 4 is 46.6 Å². The van der Waals surface area contributed by atoms with Crippen LogP contribution in [0.1, 0.15) is 60.3 Å². The fraction of sp³-hybridized carbons (Fsp3) is 0.593. The zero-order valence-electron chi connectivity index (χ0n) is 23.0. The van der Waals surface area contributed by atoms with Gasteiger partial charge in [-0.2, -0.15) is 0 Å². The number of ether oxygens (including phenoxy) is 4. The van der Waals surface area contributed by atoms with E-state index in [0.29, 0.717) is 5.16 Å². The second-order valence-corrected chi connectivity index (χ2v) is 10.5. The fourth-order valence-corrected chi connectivity index (χ4v) is 5.79. The third-order valence-electron chi connectivity index (χ3n) is 6.15. The standard InChI is InChI=1S/C27H37N3O8S/c1-6-7-8-11-14-30-21-13-10-9-12-20(21)29-27(30)39-26-23(28-16(2)31)25(37-19(5)34)24(36-18(4)33)22(38-26)15-35-17(3)32/h9-10,12-13,22-26H,6-8,11,14-15H2,1-5H3,(H,28,31). The molecule has 1 amide bonds. The number of para-hydroxylation sites is 2. The predicted molar refractivity (Wildman–Crippen MR) is 144 cm³/mol.